The molecule has 0 aromatic heterocycles. The maximum atomic E-state index is 3.39. The number of allylic oxidation sites excluding steroid dienone is 8. The second-order valence-electron chi connectivity index (χ2n) is 9.00. The minimum atomic E-state index is -0.0733. The molecule has 0 radical (unpaired) electrons. The zero-order valence-electron chi connectivity index (χ0n) is 22.2. The van der Waals surface area contributed by atoms with E-state index in [0.29, 0.717) is 11.8 Å². The van der Waals surface area contributed by atoms with Crippen molar-refractivity contribution in [1.82, 2.24) is 0 Å². The van der Waals surface area contributed by atoms with Crippen molar-refractivity contribution in [1.29, 1.82) is 0 Å². The Labute approximate surface area is 251 Å². The van der Waals surface area contributed by atoms with Crippen LogP contribution in [0.4, 0.5) is 0 Å². The number of benzene rings is 3. The minimum absolute atomic E-state index is 0. The van der Waals surface area contributed by atoms with E-state index in [1.807, 2.05) is 12.1 Å². The van der Waals surface area contributed by atoms with E-state index in [4.69, 9.17) is 0 Å². The molecule has 0 saturated heterocycles. The predicted molar refractivity (Wildman–Crippen MR) is 150 cm³/mol. The van der Waals surface area contributed by atoms with E-state index in [1.54, 1.807) is 5.19 Å². The van der Waals surface area contributed by atoms with E-state index < -0.39 is 0 Å². The number of rotatable bonds is 3. The molecule has 0 aliphatic heterocycles. The summed E-state index contributed by atoms with van der Waals surface area (Å²) in [5, 5.41) is 1.58. The summed E-state index contributed by atoms with van der Waals surface area (Å²) in [6.07, 6.45) is 11.3. The van der Waals surface area contributed by atoms with Crippen LogP contribution in [0.3, 0.4) is 0 Å². The zero-order valence-corrected chi connectivity index (χ0v) is 28.3. The van der Waals surface area contributed by atoms with Gasteiger partial charge >= 0.3 is 70.6 Å². The Kier molecular flexibility index (Phi) is 15.3. The number of hydrogen-bond acceptors (Lipinski definition) is 0. The van der Waals surface area contributed by atoms with E-state index in [1.165, 1.54) is 56.4 Å². The fourth-order valence-corrected chi connectivity index (χ4v) is 6.71. The molecule has 3 aromatic rings. The maximum Gasteiger partial charge on any atom is -1.00 e. The molecule has 37 heavy (non-hydrogen) atoms. The van der Waals surface area contributed by atoms with Gasteiger partial charge in [-0.05, 0) is 0 Å². The third kappa shape index (κ3) is 10.5. The monoisotopic (exact) mass is 708 g/mol. The van der Waals surface area contributed by atoms with Crippen LogP contribution in [0.2, 0.25) is 6.55 Å². The van der Waals surface area contributed by atoms with Crippen molar-refractivity contribution in [3.8, 4) is 0 Å². The van der Waals surface area contributed by atoms with Gasteiger partial charge in [-0.2, -0.15) is 23.3 Å². The Morgan fingerprint density at radius 2 is 0.919 bits per heavy atom. The van der Waals surface area contributed by atoms with Crippen molar-refractivity contribution >= 4 is 21.8 Å². The third-order valence-electron chi connectivity index (χ3n) is 5.91. The molecule has 0 nitrogen and oxygen atoms in total. The Balaban J connectivity index is 0.000000275. The minimum Gasteiger partial charge on any atom is -1.00 e. The molecule has 0 fully saturated rings. The molecule has 4 heteroatoms. The van der Waals surface area contributed by atoms with Crippen LogP contribution >= 0.6 is 0 Å². The van der Waals surface area contributed by atoms with Gasteiger partial charge in [-0.1, -0.05) is 100 Å². The van der Waals surface area contributed by atoms with Crippen LogP contribution in [0.15, 0.2) is 114 Å². The fraction of sp³-hybridized carbons (Fsp3) is 0.212. The standard InChI is InChI=1S/2C13H13.C7H8Si.2ClH.Hf/c2*1-10-8-11(2)13(9-10)12-6-4-3-5-7-12;1-8-7-5-3-2-4-6-7;;;/h2*3-7,9-10H,1-2H3;2-6H,1H3;2*1H;/q2*-1;;;;+2/p-2. The third-order valence-corrected chi connectivity index (χ3v) is 10.2. The van der Waals surface area contributed by atoms with Gasteiger partial charge in [0.05, 0.1) is 0 Å². The molecule has 5 rings (SSSR count). The van der Waals surface area contributed by atoms with Crippen molar-refractivity contribution in [2.24, 2.45) is 11.8 Å². The van der Waals surface area contributed by atoms with Gasteiger partial charge < -0.3 is 24.8 Å². The number of hydrogen-bond donors (Lipinski definition) is 0. The zero-order chi connectivity index (χ0) is 25.2. The van der Waals surface area contributed by atoms with Gasteiger partial charge in [0, 0.05) is 0 Å². The fourth-order valence-electron chi connectivity index (χ4n) is 4.22. The quantitative estimate of drug-likeness (QED) is 0.289. The second kappa shape index (κ2) is 17.0. The molecule has 0 heterocycles. The average molecular weight is 708 g/mol. The van der Waals surface area contributed by atoms with Gasteiger partial charge in [-0.25, -0.2) is 11.1 Å². The molecule has 2 unspecified atom stereocenters. The molecular weight excluding hydrogens is 674 g/mol. The first-order valence-electron chi connectivity index (χ1n) is 12.2. The van der Waals surface area contributed by atoms with Crippen molar-refractivity contribution in [2.75, 3.05) is 0 Å². The Morgan fingerprint density at radius 1 is 0.595 bits per heavy atom. The normalized spacial score (nSPS) is 17.2. The van der Waals surface area contributed by atoms with Gasteiger partial charge in [0.15, 0.2) is 0 Å². The van der Waals surface area contributed by atoms with Crippen LogP contribution in [-0.4, -0.2) is 5.49 Å². The van der Waals surface area contributed by atoms with Crippen LogP contribution < -0.4 is 30.0 Å². The summed E-state index contributed by atoms with van der Waals surface area (Å²) in [5.41, 5.74) is 7.77. The van der Waals surface area contributed by atoms with E-state index in [0.717, 1.165) is 0 Å². The SMILES string of the molecule is CC1=[C-]C(C)C=C1c1ccccc1.CC1=[C-]C(C)C=C1c1ccccc1.C[Si](=[Hf+2])c1ccccc1.[Cl-].[Cl-]. The summed E-state index contributed by atoms with van der Waals surface area (Å²) in [6.45, 7) is 11.0. The first-order valence-corrected chi connectivity index (χ1v) is 19.6. The molecule has 0 amide bonds. The van der Waals surface area contributed by atoms with Gasteiger partial charge in [0.2, 0.25) is 0 Å². The predicted octanol–water partition coefficient (Wildman–Crippen LogP) is 2.01. The largest absolute Gasteiger partial charge is 1.00 e. The first kappa shape index (κ1) is 33.3. The summed E-state index contributed by atoms with van der Waals surface area (Å²) in [5.74, 6) is 0.936. The van der Waals surface area contributed by atoms with E-state index >= 15 is 0 Å². The molecule has 190 valence electrons. The van der Waals surface area contributed by atoms with Gasteiger partial charge in [-0.15, -0.1) is 11.1 Å². The first-order chi connectivity index (χ1) is 16.8. The van der Waals surface area contributed by atoms with Crippen molar-refractivity contribution in [3.05, 3.63) is 138 Å². The Bertz CT molecular complexity index is 1170. The Morgan fingerprint density at radius 3 is 1.16 bits per heavy atom. The molecule has 2 aliphatic rings. The van der Waals surface area contributed by atoms with Gasteiger partial charge in [0.1, 0.15) is 0 Å². The van der Waals surface area contributed by atoms with E-state index in [2.05, 4.69) is 137 Å². The van der Waals surface area contributed by atoms with Crippen LogP contribution in [0, 0.1) is 24.0 Å². The van der Waals surface area contributed by atoms with E-state index in [-0.39, 0.29) is 30.3 Å². The summed E-state index contributed by atoms with van der Waals surface area (Å²) in [7, 11) is 0. The van der Waals surface area contributed by atoms with E-state index in [9.17, 15) is 0 Å². The summed E-state index contributed by atoms with van der Waals surface area (Å²) < 4.78 is 0. The Hall–Kier alpha value is -1.71. The molecule has 0 spiro atoms. The molecule has 2 atom stereocenters. The second-order valence-corrected chi connectivity index (χ2v) is 18.9. The van der Waals surface area contributed by atoms with Gasteiger partial charge in [0.25, 0.3) is 0 Å². The van der Waals surface area contributed by atoms with Crippen molar-refractivity contribution in [2.45, 2.75) is 34.2 Å². The van der Waals surface area contributed by atoms with Crippen LogP contribution in [0.1, 0.15) is 38.8 Å². The number of halogens is 2. The maximum absolute atomic E-state index is 3.39. The van der Waals surface area contributed by atoms with Crippen molar-refractivity contribution in [3.63, 3.8) is 0 Å². The smallest absolute Gasteiger partial charge is 1.00 e. The molecule has 0 bridgehead atoms. The molecule has 0 saturated carbocycles. The average Bonchev–Trinajstić information content (AvgIpc) is 3.40. The molecule has 3 aromatic carbocycles. The van der Waals surface area contributed by atoms with Gasteiger partial charge in [-0.3, -0.25) is 12.2 Å². The summed E-state index contributed by atoms with van der Waals surface area (Å²) in [6, 6.07) is 31.8. The van der Waals surface area contributed by atoms with Crippen LogP contribution in [0.5, 0.6) is 0 Å². The van der Waals surface area contributed by atoms with Crippen LogP contribution in [-0.2, 0) is 23.0 Å². The summed E-state index contributed by atoms with van der Waals surface area (Å²) in [4.78, 5) is 0. The van der Waals surface area contributed by atoms with Crippen LogP contribution in [0.25, 0.3) is 11.1 Å². The molecule has 2 aliphatic carbocycles. The molecular formula is C33H34Cl2HfSi-2. The summed E-state index contributed by atoms with van der Waals surface area (Å²) >= 11 is 1.36. The molecule has 0 N–H and O–H groups in total. The topological polar surface area (TPSA) is 0 Å². The van der Waals surface area contributed by atoms with Crippen molar-refractivity contribution < 1.29 is 47.8 Å².